The van der Waals surface area contributed by atoms with E-state index >= 15 is 0 Å². The molecule has 0 radical (unpaired) electrons. The number of benzene rings is 2. The van der Waals surface area contributed by atoms with Gasteiger partial charge in [-0.3, -0.25) is 4.79 Å². The molecule has 0 bridgehead atoms. The van der Waals surface area contributed by atoms with Crippen LogP contribution in [0.4, 0.5) is 0 Å². The Hall–Kier alpha value is -2.24. The minimum atomic E-state index is -0.0679. The molecule has 2 aromatic carbocycles. The lowest BCUT2D eigenvalue weighted by atomic mass is 10.1. The van der Waals surface area contributed by atoms with Crippen LogP contribution >= 0.6 is 22.6 Å². The van der Waals surface area contributed by atoms with Crippen LogP contribution in [0.25, 0.3) is 0 Å². The Labute approximate surface area is 161 Å². The zero-order chi connectivity index (χ0) is 18.2. The van der Waals surface area contributed by atoms with Gasteiger partial charge >= 0.3 is 0 Å². The molecule has 1 amide bonds. The quantitative estimate of drug-likeness (QED) is 0.468. The summed E-state index contributed by atoms with van der Waals surface area (Å²) in [7, 11) is 3.21. The molecular formula is C20H20INO3. The Bertz CT molecular complexity index is 797. The summed E-state index contributed by atoms with van der Waals surface area (Å²) in [5, 5.41) is 0. The van der Waals surface area contributed by atoms with Crippen molar-refractivity contribution in [3.63, 3.8) is 0 Å². The molecule has 0 unspecified atom stereocenters. The highest BCUT2D eigenvalue weighted by molar-refractivity contribution is 14.1. The fourth-order valence-corrected chi connectivity index (χ4v) is 3.03. The van der Waals surface area contributed by atoms with Crippen LogP contribution in [0.3, 0.4) is 0 Å². The summed E-state index contributed by atoms with van der Waals surface area (Å²) in [6.07, 6.45) is 2.26. The minimum absolute atomic E-state index is 0.0679. The van der Waals surface area contributed by atoms with Crippen LogP contribution in [0.15, 0.2) is 61.0 Å². The zero-order valence-corrected chi connectivity index (χ0v) is 16.4. The highest BCUT2D eigenvalue weighted by Crippen LogP contribution is 2.27. The number of halogens is 1. The summed E-state index contributed by atoms with van der Waals surface area (Å²) in [6.45, 7) is 4.11. The highest BCUT2D eigenvalue weighted by atomic mass is 127. The van der Waals surface area contributed by atoms with Crippen LogP contribution in [-0.4, -0.2) is 31.6 Å². The van der Waals surface area contributed by atoms with Crippen molar-refractivity contribution >= 4 is 28.5 Å². The predicted molar refractivity (Wildman–Crippen MR) is 107 cm³/mol. The first-order valence-corrected chi connectivity index (χ1v) is 8.81. The van der Waals surface area contributed by atoms with Crippen LogP contribution in [0.5, 0.6) is 11.5 Å². The third-order valence-electron chi connectivity index (χ3n) is 3.70. The third kappa shape index (κ3) is 4.87. The summed E-state index contributed by atoms with van der Waals surface area (Å²) < 4.78 is 11.5. The number of methoxy groups -OCH3 is 2. The number of hydrogen-bond donors (Lipinski definition) is 0. The first-order valence-electron chi connectivity index (χ1n) is 7.73. The van der Waals surface area contributed by atoms with Gasteiger partial charge in [0.1, 0.15) is 0 Å². The average Bonchev–Trinajstić information content (AvgIpc) is 2.64. The van der Waals surface area contributed by atoms with Gasteiger partial charge in [0.15, 0.2) is 11.5 Å². The van der Waals surface area contributed by atoms with E-state index in [4.69, 9.17) is 9.47 Å². The molecule has 2 rings (SSSR count). The standard InChI is InChI=1S/C20H20INO3/c1-4-12-22(20(23)16-7-5-6-8-17(16)21)13-11-15-9-10-18(24-2)19(14-15)25-3/h5-10,12,14H,1,11,13H2,2-3H3. The molecule has 0 aliphatic heterocycles. The van der Waals surface area contributed by atoms with Gasteiger partial charge in [-0.25, -0.2) is 0 Å². The van der Waals surface area contributed by atoms with Gasteiger partial charge in [0.05, 0.1) is 19.8 Å². The second-order valence-electron chi connectivity index (χ2n) is 5.25. The van der Waals surface area contributed by atoms with E-state index in [1.54, 1.807) is 25.3 Å². The Morgan fingerprint density at radius 1 is 1.20 bits per heavy atom. The van der Waals surface area contributed by atoms with Gasteiger partial charge < -0.3 is 14.4 Å². The lowest BCUT2D eigenvalue weighted by molar-refractivity contribution is 0.0822. The van der Waals surface area contributed by atoms with E-state index < -0.39 is 0 Å². The van der Waals surface area contributed by atoms with Crippen molar-refractivity contribution in [1.82, 2.24) is 4.90 Å². The SMILES string of the molecule is C=C=CN(CCc1ccc(OC)c(OC)c1)C(=O)c1ccccc1I. The van der Waals surface area contributed by atoms with E-state index in [-0.39, 0.29) is 5.91 Å². The summed E-state index contributed by atoms with van der Waals surface area (Å²) in [5.41, 5.74) is 4.42. The van der Waals surface area contributed by atoms with Crippen molar-refractivity contribution in [1.29, 1.82) is 0 Å². The number of carbonyl (C=O) groups excluding carboxylic acids is 1. The monoisotopic (exact) mass is 449 g/mol. The number of rotatable bonds is 7. The normalized spacial score (nSPS) is 9.88. The molecule has 0 N–H and O–H groups in total. The van der Waals surface area contributed by atoms with E-state index in [1.165, 1.54) is 0 Å². The van der Waals surface area contributed by atoms with Crippen molar-refractivity contribution in [2.24, 2.45) is 0 Å². The number of nitrogens with zero attached hydrogens (tertiary/aromatic N) is 1. The van der Waals surface area contributed by atoms with Crippen molar-refractivity contribution in [2.45, 2.75) is 6.42 Å². The first kappa shape index (κ1) is 19.1. The summed E-state index contributed by atoms with van der Waals surface area (Å²) in [6, 6.07) is 13.3. The second kappa shape index (κ2) is 9.30. The fourth-order valence-electron chi connectivity index (χ4n) is 2.41. The summed E-state index contributed by atoms with van der Waals surface area (Å²) in [5.74, 6) is 1.29. The van der Waals surface area contributed by atoms with Gasteiger partial charge in [-0.2, -0.15) is 0 Å². The maximum absolute atomic E-state index is 12.8. The molecule has 0 aromatic heterocycles. The second-order valence-corrected chi connectivity index (χ2v) is 6.41. The van der Waals surface area contributed by atoms with E-state index in [1.807, 2.05) is 42.5 Å². The third-order valence-corrected chi connectivity index (χ3v) is 4.64. The van der Waals surface area contributed by atoms with E-state index in [2.05, 4.69) is 34.9 Å². The molecule has 4 nitrogen and oxygen atoms in total. The average molecular weight is 449 g/mol. The topological polar surface area (TPSA) is 38.8 Å². The Morgan fingerprint density at radius 3 is 2.56 bits per heavy atom. The Kier molecular flexibility index (Phi) is 7.10. The van der Waals surface area contributed by atoms with Crippen molar-refractivity contribution in [3.05, 3.63) is 75.7 Å². The molecule has 0 aliphatic carbocycles. The molecule has 0 heterocycles. The lowest BCUT2D eigenvalue weighted by Crippen LogP contribution is -2.28. The largest absolute Gasteiger partial charge is 0.493 e. The maximum Gasteiger partial charge on any atom is 0.259 e. The van der Waals surface area contributed by atoms with Crippen molar-refractivity contribution in [2.75, 3.05) is 20.8 Å². The van der Waals surface area contributed by atoms with Gasteiger partial charge in [-0.15, -0.1) is 5.73 Å². The molecule has 0 aliphatic rings. The van der Waals surface area contributed by atoms with Crippen LogP contribution in [0, 0.1) is 3.57 Å². The van der Waals surface area contributed by atoms with Crippen LogP contribution in [0.1, 0.15) is 15.9 Å². The molecule has 0 atom stereocenters. The summed E-state index contributed by atoms with van der Waals surface area (Å²) in [4.78, 5) is 14.4. The zero-order valence-electron chi connectivity index (χ0n) is 14.3. The number of ether oxygens (including phenoxy) is 2. The van der Waals surface area contributed by atoms with E-state index in [0.717, 1.165) is 9.13 Å². The van der Waals surface area contributed by atoms with Gasteiger partial charge in [0.2, 0.25) is 0 Å². The molecule has 130 valence electrons. The molecular weight excluding hydrogens is 429 g/mol. The molecule has 2 aromatic rings. The van der Waals surface area contributed by atoms with Crippen LogP contribution < -0.4 is 9.47 Å². The van der Waals surface area contributed by atoms with Crippen molar-refractivity contribution in [3.8, 4) is 11.5 Å². The van der Waals surface area contributed by atoms with Crippen LogP contribution in [-0.2, 0) is 6.42 Å². The molecule has 0 saturated heterocycles. The van der Waals surface area contributed by atoms with Gasteiger partial charge in [0, 0.05) is 16.3 Å². The van der Waals surface area contributed by atoms with E-state index in [0.29, 0.717) is 30.0 Å². The van der Waals surface area contributed by atoms with Crippen molar-refractivity contribution < 1.29 is 14.3 Å². The Morgan fingerprint density at radius 2 is 1.92 bits per heavy atom. The van der Waals surface area contributed by atoms with Crippen LogP contribution in [0.2, 0.25) is 0 Å². The number of amides is 1. The van der Waals surface area contributed by atoms with E-state index in [9.17, 15) is 4.79 Å². The molecule has 0 spiro atoms. The van der Waals surface area contributed by atoms with Gasteiger partial charge in [0.25, 0.3) is 5.91 Å². The molecule has 5 heteroatoms. The predicted octanol–water partition coefficient (Wildman–Crippen LogP) is 4.29. The number of carbonyl (C=O) groups is 1. The maximum atomic E-state index is 12.8. The Balaban J connectivity index is 2.16. The molecule has 0 fully saturated rings. The smallest absolute Gasteiger partial charge is 0.259 e. The summed E-state index contributed by atoms with van der Waals surface area (Å²) >= 11 is 2.17. The molecule has 25 heavy (non-hydrogen) atoms. The van der Waals surface area contributed by atoms with Gasteiger partial charge in [-0.1, -0.05) is 24.8 Å². The lowest BCUT2D eigenvalue weighted by Gasteiger charge is -2.19. The minimum Gasteiger partial charge on any atom is -0.493 e. The first-order chi connectivity index (χ1) is 12.1. The van der Waals surface area contributed by atoms with Gasteiger partial charge in [-0.05, 0) is 58.8 Å². The molecule has 0 saturated carbocycles. The number of hydrogen-bond acceptors (Lipinski definition) is 3. The fraction of sp³-hybridized carbons (Fsp3) is 0.200. The highest BCUT2D eigenvalue weighted by Gasteiger charge is 2.16.